The van der Waals surface area contributed by atoms with Crippen LogP contribution in [-0.4, -0.2) is 80.3 Å². The Balaban J connectivity index is 1.72. The van der Waals surface area contributed by atoms with Gasteiger partial charge in [-0.15, -0.1) is 0 Å². The second-order valence-corrected chi connectivity index (χ2v) is 7.39. The minimum absolute atomic E-state index is 0.192. The highest BCUT2D eigenvalue weighted by Gasteiger charge is 2.24. The summed E-state index contributed by atoms with van der Waals surface area (Å²) in [5.41, 5.74) is 0. The number of carbonyl (C=O) groups is 1. The zero-order valence-corrected chi connectivity index (χ0v) is 16.8. The quantitative estimate of drug-likeness (QED) is 0.554. The maximum atomic E-state index is 11.8. The first-order valence-electron chi connectivity index (χ1n) is 10.3. The monoisotopic (exact) mass is 367 g/mol. The van der Waals surface area contributed by atoms with Crippen molar-refractivity contribution in [2.45, 2.75) is 52.5 Å². The lowest BCUT2D eigenvalue weighted by atomic mass is 9.99. The van der Waals surface area contributed by atoms with E-state index in [-0.39, 0.29) is 6.09 Å². The minimum atomic E-state index is -0.192. The Morgan fingerprint density at radius 3 is 2.42 bits per heavy atom. The smallest absolute Gasteiger partial charge is 0.409 e. The van der Waals surface area contributed by atoms with E-state index in [1.807, 2.05) is 6.92 Å². The highest BCUT2D eigenvalue weighted by atomic mass is 16.6. The predicted octanol–water partition coefficient (Wildman–Crippen LogP) is 1.89. The molecular formula is C19H37N5O2. The van der Waals surface area contributed by atoms with E-state index in [0.29, 0.717) is 12.6 Å². The molecule has 0 radical (unpaired) electrons. The van der Waals surface area contributed by atoms with Gasteiger partial charge in [-0.05, 0) is 58.5 Å². The maximum absolute atomic E-state index is 11.8. The van der Waals surface area contributed by atoms with Gasteiger partial charge in [0, 0.05) is 32.2 Å². The molecule has 0 aromatic carbocycles. The first kappa shape index (κ1) is 20.8. The van der Waals surface area contributed by atoms with Gasteiger partial charge in [-0.3, -0.25) is 4.99 Å². The number of nitrogens with zero attached hydrogens (tertiary/aromatic N) is 3. The van der Waals surface area contributed by atoms with Crippen molar-refractivity contribution in [3.8, 4) is 0 Å². The van der Waals surface area contributed by atoms with Crippen molar-refractivity contribution in [3.63, 3.8) is 0 Å². The van der Waals surface area contributed by atoms with Gasteiger partial charge in [0.2, 0.25) is 0 Å². The summed E-state index contributed by atoms with van der Waals surface area (Å²) in [5.74, 6) is 1.77. The Morgan fingerprint density at radius 2 is 1.81 bits per heavy atom. The van der Waals surface area contributed by atoms with Crippen LogP contribution >= 0.6 is 0 Å². The second kappa shape index (κ2) is 11.3. The molecule has 0 saturated carbocycles. The third-order valence-electron chi connectivity index (χ3n) is 5.27. The van der Waals surface area contributed by atoms with Crippen LogP contribution in [0.3, 0.4) is 0 Å². The van der Waals surface area contributed by atoms with Crippen LogP contribution in [0.2, 0.25) is 0 Å². The van der Waals surface area contributed by atoms with Gasteiger partial charge in [0.05, 0.1) is 13.2 Å². The van der Waals surface area contributed by atoms with Gasteiger partial charge in [-0.2, -0.15) is 0 Å². The first-order chi connectivity index (χ1) is 12.6. The van der Waals surface area contributed by atoms with E-state index < -0.39 is 0 Å². The third kappa shape index (κ3) is 7.02. The highest BCUT2D eigenvalue weighted by Crippen LogP contribution is 2.15. The van der Waals surface area contributed by atoms with Gasteiger partial charge >= 0.3 is 6.09 Å². The molecule has 0 aliphatic carbocycles. The van der Waals surface area contributed by atoms with Crippen molar-refractivity contribution in [2.24, 2.45) is 10.9 Å². The number of hydrogen-bond donors (Lipinski definition) is 2. The topological polar surface area (TPSA) is 69.2 Å². The summed E-state index contributed by atoms with van der Waals surface area (Å²) >= 11 is 0. The normalized spacial score (nSPS) is 20.9. The molecule has 2 saturated heterocycles. The Hall–Kier alpha value is -1.50. The van der Waals surface area contributed by atoms with Gasteiger partial charge in [-0.1, -0.05) is 6.92 Å². The van der Waals surface area contributed by atoms with Crippen LogP contribution in [0.4, 0.5) is 4.79 Å². The van der Waals surface area contributed by atoms with Gasteiger partial charge in [0.1, 0.15) is 0 Å². The van der Waals surface area contributed by atoms with Gasteiger partial charge < -0.3 is 25.2 Å². The standard InChI is InChI=1S/C19H37N5O2/c1-4-20-18(21-10-15-23-11-6-16(3)7-12-23)22-17-8-13-24(14-9-17)19(25)26-5-2/h16-17H,4-15H2,1-3H3,(H2,20,21,22). The van der Waals surface area contributed by atoms with Crippen molar-refractivity contribution in [1.82, 2.24) is 20.4 Å². The number of rotatable bonds is 6. The van der Waals surface area contributed by atoms with E-state index in [1.165, 1.54) is 25.9 Å². The molecule has 0 spiro atoms. The van der Waals surface area contributed by atoms with E-state index >= 15 is 0 Å². The van der Waals surface area contributed by atoms with Crippen LogP contribution in [0.1, 0.15) is 46.5 Å². The zero-order valence-electron chi connectivity index (χ0n) is 16.8. The molecule has 2 aliphatic heterocycles. The van der Waals surface area contributed by atoms with Crippen molar-refractivity contribution >= 4 is 12.1 Å². The number of carbonyl (C=O) groups excluding carboxylic acids is 1. The maximum Gasteiger partial charge on any atom is 0.409 e. The number of ether oxygens (including phenoxy) is 1. The van der Waals surface area contributed by atoms with Gasteiger partial charge in [-0.25, -0.2) is 4.79 Å². The van der Waals surface area contributed by atoms with E-state index in [2.05, 4.69) is 29.4 Å². The lowest BCUT2D eigenvalue weighted by Gasteiger charge is -2.32. The minimum Gasteiger partial charge on any atom is -0.450 e. The molecule has 2 rings (SSSR count). The molecule has 7 heteroatoms. The molecule has 7 nitrogen and oxygen atoms in total. The van der Waals surface area contributed by atoms with Gasteiger partial charge in [0.15, 0.2) is 5.96 Å². The average molecular weight is 368 g/mol. The summed E-state index contributed by atoms with van der Waals surface area (Å²) in [4.78, 5) is 20.8. The molecule has 0 aromatic rings. The largest absolute Gasteiger partial charge is 0.450 e. The van der Waals surface area contributed by atoms with Crippen molar-refractivity contribution in [1.29, 1.82) is 0 Å². The van der Waals surface area contributed by atoms with E-state index in [0.717, 1.165) is 57.4 Å². The van der Waals surface area contributed by atoms with Crippen LogP contribution in [-0.2, 0) is 4.74 Å². The van der Waals surface area contributed by atoms with Crippen LogP contribution in [0.5, 0.6) is 0 Å². The Morgan fingerprint density at radius 1 is 1.12 bits per heavy atom. The van der Waals surface area contributed by atoms with Crippen LogP contribution < -0.4 is 10.6 Å². The number of amides is 1. The summed E-state index contributed by atoms with van der Waals surface area (Å²) in [6, 6.07) is 0.356. The average Bonchev–Trinajstić information content (AvgIpc) is 2.64. The van der Waals surface area contributed by atoms with Gasteiger partial charge in [0.25, 0.3) is 0 Å². The number of aliphatic imine (C=N–C) groups is 1. The fourth-order valence-corrected chi connectivity index (χ4v) is 3.52. The number of hydrogen-bond acceptors (Lipinski definition) is 4. The molecule has 0 atom stereocenters. The van der Waals surface area contributed by atoms with E-state index in [1.54, 1.807) is 4.90 Å². The summed E-state index contributed by atoms with van der Waals surface area (Å²) in [5, 5.41) is 6.88. The van der Waals surface area contributed by atoms with Crippen molar-refractivity contribution < 1.29 is 9.53 Å². The van der Waals surface area contributed by atoms with Crippen molar-refractivity contribution in [3.05, 3.63) is 0 Å². The first-order valence-corrected chi connectivity index (χ1v) is 10.3. The molecule has 1 amide bonds. The number of nitrogens with one attached hydrogen (secondary N) is 2. The fraction of sp³-hybridized carbons (Fsp3) is 0.895. The molecule has 0 bridgehead atoms. The van der Waals surface area contributed by atoms with Crippen LogP contribution in [0.15, 0.2) is 4.99 Å². The van der Waals surface area contributed by atoms with Crippen molar-refractivity contribution in [2.75, 3.05) is 52.4 Å². The molecule has 2 fully saturated rings. The molecule has 2 N–H and O–H groups in total. The number of likely N-dealkylation sites (tertiary alicyclic amines) is 2. The van der Waals surface area contributed by atoms with Crippen LogP contribution in [0, 0.1) is 5.92 Å². The Labute approximate surface area is 158 Å². The van der Waals surface area contributed by atoms with E-state index in [9.17, 15) is 4.79 Å². The molecule has 0 aromatic heterocycles. The molecular weight excluding hydrogens is 330 g/mol. The lowest BCUT2D eigenvalue weighted by molar-refractivity contribution is 0.0963. The number of piperidine rings is 2. The molecule has 26 heavy (non-hydrogen) atoms. The highest BCUT2D eigenvalue weighted by molar-refractivity contribution is 5.80. The Bertz CT molecular complexity index is 441. The molecule has 150 valence electrons. The molecule has 2 aliphatic rings. The summed E-state index contributed by atoms with van der Waals surface area (Å²) in [6.45, 7) is 13.3. The van der Waals surface area contributed by atoms with E-state index in [4.69, 9.17) is 9.73 Å². The summed E-state index contributed by atoms with van der Waals surface area (Å²) in [7, 11) is 0. The number of guanidine groups is 1. The summed E-state index contributed by atoms with van der Waals surface area (Å²) < 4.78 is 5.08. The fourth-order valence-electron chi connectivity index (χ4n) is 3.52. The zero-order chi connectivity index (χ0) is 18.8. The third-order valence-corrected chi connectivity index (χ3v) is 5.27. The lowest BCUT2D eigenvalue weighted by Crippen LogP contribution is -2.50. The summed E-state index contributed by atoms with van der Waals surface area (Å²) in [6.07, 6.45) is 4.27. The van der Waals surface area contributed by atoms with Crippen LogP contribution in [0.25, 0.3) is 0 Å². The Kier molecular flexibility index (Phi) is 9.01. The second-order valence-electron chi connectivity index (χ2n) is 7.39. The molecule has 2 heterocycles. The predicted molar refractivity (Wildman–Crippen MR) is 106 cm³/mol. The molecule has 0 unspecified atom stereocenters. The SMILES string of the molecule is CCNC(=NCCN1CCC(C)CC1)NC1CCN(C(=O)OCC)CC1.